The highest BCUT2D eigenvalue weighted by atomic mass is 16.5. The lowest BCUT2D eigenvalue weighted by molar-refractivity contribution is 0.339. The van der Waals surface area contributed by atoms with E-state index >= 15 is 0 Å². The lowest BCUT2D eigenvalue weighted by atomic mass is 10.0. The number of ether oxygens (including phenoxy) is 4. The first-order valence-electron chi connectivity index (χ1n) is 20.8. The van der Waals surface area contributed by atoms with Crippen molar-refractivity contribution in [2.24, 2.45) is 0 Å². The smallest absolute Gasteiger partial charge is 0.127 e. The van der Waals surface area contributed by atoms with Gasteiger partial charge in [0.05, 0.1) is 26.4 Å². The Morgan fingerprint density at radius 1 is 0.283 bits per heavy atom. The second-order valence-electron chi connectivity index (χ2n) is 14.4. The van der Waals surface area contributed by atoms with E-state index < -0.39 is 0 Å². The Morgan fingerprint density at radius 2 is 0.517 bits per heavy atom. The van der Waals surface area contributed by atoms with Crippen molar-refractivity contribution in [3.8, 4) is 23.0 Å². The number of hydrogen-bond donors (Lipinski definition) is 4. The molecule has 1 aliphatic heterocycles. The van der Waals surface area contributed by atoms with E-state index in [4.69, 9.17) is 18.9 Å². The van der Waals surface area contributed by atoms with Crippen molar-refractivity contribution in [2.75, 3.05) is 26.4 Å². The van der Waals surface area contributed by atoms with Crippen LogP contribution in [0.4, 0.5) is 0 Å². The van der Waals surface area contributed by atoms with Crippen LogP contribution in [0.1, 0.15) is 72.7 Å². The van der Waals surface area contributed by atoms with E-state index in [0.717, 1.165) is 112 Å². The topological polar surface area (TPSA) is 100 Å². The van der Waals surface area contributed by atoms with Crippen LogP contribution in [-0.2, 0) is 0 Å². The Kier molecular flexibility index (Phi) is 10.7. The van der Waals surface area contributed by atoms with Gasteiger partial charge in [-0.1, -0.05) is 72.8 Å². The second-order valence-corrected chi connectivity index (χ2v) is 14.4. The molecule has 8 heteroatoms. The number of H-pyrrole nitrogens is 4. The van der Waals surface area contributed by atoms with Gasteiger partial charge in [0.25, 0.3) is 0 Å². The predicted molar refractivity (Wildman–Crippen MR) is 239 cm³/mol. The fourth-order valence-corrected chi connectivity index (χ4v) is 8.31. The first-order valence-corrected chi connectivity index (χ1v) is 20.8. The molecule has 5 heterocycles. The Bertz CT molecular complexity index is 2660. The van der Waals surface area contributed by atoms with Gasteiger partial charge in [-0.05, 0) is 100 Å². The molecule has 0 atom stereocenters. The quantitative estimate of drug-likeness (QED) is 0.101. The van der Waals surface area contributed by atoms with Crippen molar-refractivity contribution in [1.29, 1.82) is 0 Å². The van der Waals surface area contributed by atoms with E-state index in [2.05, 4.69) is 117 Å². The molecule has 0 spiro atoms. The molecule has 60 heavy (non-hydrogen) atoms. The van der Waals surface area contributed by atoms with Crippen LogP contribution < -0.4 is 40.3 Å². The third kappa shape index (κ3) is 7.11. The number of hydrogen-bond acceptors (Lipinski definition) is 4. The summed E-state index contributed by atoms with van der Waals surface area (Å²) in [6, 6.07) is 50.1. The maximum Gasteiger partial charge on any atom is 0.127 e. The van der Waals surface area contributed by atoms with Crippen LogP contribution >= 0.6 is 0 Å². The van der Waals surface area contributed by atoms with Gasteiger partial charge in [0.2, 0.25) is 0 Å². The number of aromatic nitrogens is 4. The summed E-state index contributed by atoms with van der Waals surface area (Å²) in [4.78, 5) is 15.5. The molecular formula is C52H48N4O4. The Labute approximate surface area is 349 Å². The van der Waals surface area contributed by atoms with Gasteiger partial charge in [-0.3, -0.25) is 0 Å². The lowest BCUT2D eigenvalue weighted by Gasteiger charge is -2.15. The van der Waals surface area contributed by atoms with E-state index in [1.807, 2.05) is 76.2 Å². The van der Waals surface area contributed by atoms with Gasteiger partial charge in [-0.25, -0.2) is 0 Å². The maximum atomic E-state index is 6.29. The fourth-order valence-electron chi connectivity index (χ4n) is 8.31. The molecule has 0 saturated heterocycles. The molecule has 8 aromatic rings. The lowest BCUT2D eigenvalue weighted by Crippen LogP contribution is -2.19. The monoisotopic (exact) mass is 792 g/mol. The summed E-state index contributed by atoms with van der Waals surface area (Å²) in [6.45, 7) is 10.2. The molecule has 8 bridgehead atoms. The summed E-state index contributed by atoms with van der Waals surface area (Å²) >= 11 is 0. The fraction of sp³-hybridized carbons (Fsp3) is 0.154. The first-order chi connectivity index (χ1) is 29.6. The Morgan fingerprint density at radius 3 is 0.750 bits per heavy atom. The molecule has 0 fully saturated rings. The largest absolute Gasteiger partial charge is 0.493 e. The van der Waals surface area contributed by atoms with Gasteiger partial charge in [0, 0.05) is 88.7 Å². The number of para-hydroxylation sites is 4. The molecule has 8 nitrogen and oxygen atoms in total. The third-order valence-corrected chi connectivity index (χ3v) is 10.7. The van der Waals surface area contributed by atoms with Crippen molar-refractivity contribution >= 4 is 22.3 Å². The van der Waals surface area contributed by atoms with Gasteiger partial charge in [-0.2, -0.15) is 0 Å². The van der Waals surface area contributed by atoms with Crippen molar-refractivity contribution in [3.05, 3.63) is 212 Å². The zero-order valence-corrected chi connectivity index (χ0v) is 34.3. The zero-order valence-electron chi connectivity index (χ0n) is 34.3. The van der Waals surface area contributed by atoms with E-state index in [-0.39, 0.29) is 0 Å². The van der Waals surface area contributed by atoms with Crippen LogP contribution in [0, 0.1) is 0 Å². The van der Waals surface area contributed by atoms with Crippen molar-refractivity contribution in [3.63, 3.8) is 0 Å². The molecule has 4 aromatic heterocycles. The van der Waals surface area contributed by atoms with Crippen molar-refractivity contribution < 1.29 is 18.9 Å². The summed E-state index contributed by atoms with van der Waals surface area (Å²) in [5, 5.41) is 3.69. The van der Waals surface area contributed by atoms with Gasteiger partial charge in [0.1, 0.15) is 23.0 Å². The number of nitrogens with one attached hydrogen (secondary N) is 4. The van der Waals surface area contributed by atoms with Crippen LogP contribution in [0.3, 0.4) is 0 Å². The van der Waals surface area contributed by atoms with Gasteiger partial charge in [-0.15, -0.1) is 0 Å². The van der Waals surface area contributed by atoms with Crippen LogP contribution in [0.25, 0.3) is 22.3 Å². The minimum Gasteiger partial charge on any atom is -0.493 e. The average Bonchev–Trinajstić information content (AvgIpc) is 4.12. The Balaban J connectivity index is 1.46. The predicted octanol–water partition coefficient (Wildman–Crippen LogP) is 7.90. The molecular weight excluding hydrogens is 745 g/mol. The van der Waals surface area contributed by atoms with Crippen molar-refractivity contribution in [2.45, 2.75) is 27.7 Å². The summed E-state index contributed by atoms with van der Waals surface area (Å²) in [5.74, 6) is 3.19. The molecule has 4 aromatic carbocycles. The van der Waals surface area contributed by atoms with E-state index in [1.54, 1.807) is 0 Å². The van der Waals surface area contributed by atoms with Gasteiger partial charge in [0.15, 0.2) is 0 Å². The highest BCUT2D eigenvalue weighted by molar-refractivity contribution is 5.87. The van der Waals surface area contributed by atoms with Crippen LogP contribution in [-0.4, -0.2) is 46.4 Å². The summed E-state index contributed by atoms with van der Waals surface area (Å²) in [6.07, 6.45) is 0. The molecule has 0 aliphatic carbocycles. The molecule has 4 N–H and O–H groups in total. The highest BCUT2D eigenvalue weighted by Gasteiger charge is 2.22. The van der Waals surface area contributed by atoms with E-state index in [1.165, 1.54) is 0 Å². The van der Waals surface area contributed by atoms with Crippen LogP contribution in [0.15, 0.2) is 146 Å². The SMILES string of the molecule is CCOc1ccccc1C1=c2ccc([nH]2)=C(c2ccccc2OCC)c2ccc([nH]2)C(c2ccccc2OCC)=c2ccc([nH]2)=C(c2ccccc2OCC)c2ccc1[nH]2. The molecule has 9 rings (SSSR count). The number of aromatic amines is 4. The molecule has 300 valence electrons. The number of fused-ring (bicyclic) bond motifs is 8. The number of benzene rings is 4. The second kappa shape index (κ2) is 16.9. The van der Waals surface area contributed by atoms with Crippen LogP contribution in [0.5, 0.6) is 23.0 Å². The number of rotatable bonds is 12. The normalized spacial score (nSPS) is 12.5. The standard InChI is InChI=1S/C52H48N4O4/c1-5-57-45-21-13-9-17-33(45)49-37-25-27-39(53-37)50(34-18-10-14-22-46(34)58-6-2)41-29-31-43(55-41)52(36-20-12-16-24-48(36)60-8-4)44-32-30-42(56-44)51(40-28-26-38(49)54-40)35-19-11-15-23-47(35)59-7-3/h9-32,53-56H,5-8H2,1-4H3. The first kappa shape index (κ1) is 38.2. The molecule has 0 unspecified atom stereocenters. The minimum absolute atomic E-state index is 0.535. The maximum absolute atomic E-state index is 6.29. The zero-order chi connectivity index (χ0) is 41.0. The molecule has 0 saturated carbocycles. The van der Waals surface area contributed by atoms with Gasteiger partial charge < -0.3 is 38.9 Å². The van der Waals surface area contributed by atoms with Crippen molar-refractivity contribution in [1.82, 2.24) is 19.9 Å². The van der Waals surface area contributed by atoms with E-state index in [0.29, 0.717) is 26.4 Å². The third-order valence-electron chi connectivity index (χ3n) is 10.7. The van der Waals surface area contributed by atoms with E-state index in [9.17, 15) is 0 Å². The van der Waals surface area contributed by atoms with Gasteiger partial charge >= 0.3 is 0 Å². The average molecular weight is 793 g/mol. The van der Waals surface area contributed by atoms with Crippen LogP contribution in [0.2, 0.25) is 0 Å². The summed E-state index contributed by atoms with van der Waals surface area (Å²) in [7, 11) is 0. The minimum atomic E-state index is 0.535. The molecule has 1 aliphatic rings. The summed E-state index contributed by atoms with van der Waals surface area (Å²) in [5.41, 5.74) is 11.4. The Hall–Kier alpha value is -7.32. The summed E-state index contributed by atoms with van der Waals surface area (Å²) < 4.78 is 25.1. The molecule has 0 radical (unpaired) electrons. The molecule has 0 amide bonds. The highest BCUT2D eigenvalue weighted by Crippen LogP contribution is 2.35.